The van der Waals surface area contributed by atoms with E-state index >= 15 is 0 Å². The van der Waals surface area contributed by atoms with Crippen molar-refractivity contribution in [2.45, 2.75) is 12.6 Å². The Balaban J connectivity index is 1.55. The van der Waals surface area contributed by atoms with Gasteiger partial charge in [-0.05, 0) is 13.1 Å². The van der Waals surface area contributed by atoms with Crippen molar-refractivity contribution in [1.29, 1.82) is 0 Å². The normalized spacial score (nSPS) is 19.2. The number of hydrogen-bond acceptors (Lipinski definition) is 5. The van der Waals surface area contributed by atoms with E-state index in [1.54, 1.807) is 0 Å². The molecule has 3 rings (SSSR count). The van der Waals surface area contributed by atoms with Gasteiger partial charge in [0.05, 0.1) is 18.4 Å². The van der Waals surface area contributed by atoms with Gasteiger partial charge in [0.1, 0.15) is 0 Å². The first kappa shape index (κ1) is 15.1. The van der Waals surface area contributed by atoms with E-state index < -0.39 is 0 Å². The first-order valence-corrected chi connectivity index (χ1v) is 7.69. The quantitative estimate of drug-likeness (QED) is 0.908. The molecule has 116 valence electrons. The largest absolute Gasteiger partial charge is 0.374 e. The molecule has 1 aromatic carbocycles. The van der Waals surface area contributed by atoms with Gasteiger partial charge in [0.15, 0.2) is 5.82 Å². The average molecular weight is 298 g/mol. The van der Waals surface area contributed by atoms with Gasteiger partial charge in [0.2, 0.25) is 0 Å². The molecule has 0 saturated carbocycles. The summed E-state index contributed by atoms with van der Waals surface area (Å²) >= 11 is 0. The van der Waals surface area contributed by atoms with Crippen LogP contribution in [0.15, 0.2) is 42.6 Å². The lowest BCUT2D eigenvalue weighted by Gasteiger charge is -2.30. The first-order valence-electron chi connectivity index (χ1n) is 7.69. The summed E-state index contributed by atoms with van der Waals surface area (Å²) in [4.78, 5) is 11.3. The summed E-state index contributed by atoms with van der Waals surface area (Å²) < 4.78 is 5.74. The van der Waals surface area contributed by atoms with Gasteiger partial charge >= 0.3 is 0 Å². The molecule has 5 nitrogen and oxygen atoms in total. The number of nitrogens with one attached hydrogen (secondary N) is 1. The summed E-state index contributed by atoms with van der Waals surface area (Å²) in [5, 5.41) is 3.43. The zero-order valence-corrected chi connectivity index (χ0v) is 12.9. The van der Waals surface area contributed by atoms with Crippen molar-refractivity contribution in [3.05, 3.63) is 48.3 Å². The van der Waals surface area contributed by atoms with Gasteiger partial charge in [-0.2, -0.15) is 0 Å². The van der Waals surface area contributed by atoms with Crippen LogP contribution in [0.5, 0.6) is 0 Å². The van der Waals surface area contributed by atoms with Crippen molar-refractivity contribution in [3.8, 4) is 11.4 Å². The molecule has 0 aliphatic carbocycles. The molecule has 5 heteroatoms. The van der Waals surface area contributed by atoms with Crippen molar-refractivity contribution in [3.63, 3.8) is 0 Å². The number of hydrogen-bond donors (Lipinski definition) is 1. The Kier molecular flexibility index (Phi) is 5.11. The van der Waals surface area contributed by atoms with Crippen LogP contribution in [0.2, 0.25) is 0 Å². The van der Waals surface area contributed by atoms with Crippen LogP contribution in [0.1, 0.15) is 5.69 Å². The Morgan fingerprint density at radius 3 is 2.95 bits per heavy atom. The standard InChI is InChI=1S/C17H22N4O/c1-21-9-10-22-16(13-21)12-18-11-15-7-8-19-17(20-15)14-5-3-2-4-6-14/h2-8,16,18H,9-13H2,1H3. The molecule has 1 aliphatic rings. The van der Waals surface area contributed by atoms with Crippen LogP contribution in [0.3, 0.4) is 0 Å². The predicted octanol–water partition coefficient (Wildman–Crippen LogP) is 1.56. The Morgan fingerprint density at radius 2 is 2.14 bits per heavy atom. The SMILES string of the molecule is CN1CCOC(CNCc2ccnc(-c3ccccc3)n2)C1. The molecule has 0 bridgehead atoms. The maximum Gasteiger partial charge on any atom is 0.159 e. The second-order valence-corrected chi connectivity index (χ2v) is 5.62. The molecule has 22 heavy (non-hydrogen) atoms. The molecule has 1 saturated heterocycles. The van der Waals surface area contributed by atoms with Gasteiger partial charge in [-0.3, -0.25) is 0 Å². The molecule has 2 heterocycles. The van der Waals surface area contributed by atoms with E-state index in [2.05, 4.69) is 27.2 Å². The maximum absolute atomic E-state index is 5.74. The minimum atomic E-state index is 0.259. The molecular formula is C17H22N4O. The van der Waals surface area contributed by atoms with Crippen molar-refractivity contribution < 1.29 is 4.74 Å². The molecule has 1 unspecified atom stereocenters. The number of ether oxygens (including phenoxy) is 1. The fourth-order valence-electron chi connectivity index (χ4n) is 2.57. The third kappa shape index (κ3) is 4.10. The highest BCUT2D eigenvalue weighted by atomic mass is 16.5. The first-order chi connectivity index (χ1) is 10.8. The van der Waals surface area contributed by atoms with E-state index in [4.69, 9.17) is 4.74 Å². The van der Waals surface area contributed by atoms with Gasteiger partial charge in [-0.15, -0.1) is 0 Å². The fourth-order valence-corrected chi connectivity index (χ4v) is 2.57. The van der Waals surface area contributed by atoms with Crippen molar-refractivity contribution in [2.24, 2.45) is 0 Å². The minimum absolute atomic E-state index is 0.259. The number of rotatable bonds is 5. The highest BCUT2D eigenvalue weighted by Crippen LogP contribution is 2.13. The van der Waals surface area contributed by atoms with Gasteiger partial charge in [0, 0.05) is 37.9 Å². The van der Waals surface area contributed by atoms with E-state index in [1.807, 2.05) is 42.6 Å². The van der Waals surface area contributed by atoms with Crippen LogP contribution in [0, 0.1) is 0 Å². The van der Waals surface area contributed by atoms with E-state index in [0.29, 0.717) is 0 Å². The lowest BCUT2D eigenvalue weighted by Crippen LogP contribution is -2.44. The molecule has 1 aliphatic heterocycles. The highest BCUT2D eigenvalue weighted by Gasteiger charge is 2.16. The van der Waals surface area contributed by atoms with Crippen LogP contribution in [-0.2, 0) is 11.3 Å². The summed E-state index contributed by atoms with van der Waals surface area (Å²) in [6.45, 7) is 4.38. The number of nitrogens with zero attached hydrogens (tertiary/aromatic N) is 3. The molecule has 0 radical (unpaired) electrons. The third-order valence-electron chi connectivity index (χ3n) is 3.77. The Morgan fingerprint density at radius 1 is 1.27 bits per heavy atom. The lowest BCUT2D eigenvalue weighted by atomic mass is 10.2. The Hall–Kier alpha value is -1.82. The molecule has 1 fully saturated rings. The van der Waals surface area contributed by atoms with Crippen LogP contribution in [0.4, 0.5) is 0 Å². The summed E-state index contributed by atoms with van der Waals surface area (Å²) in [5.74, 6) is 0.772. The van der Waals surface area contributed by atoms with Crippen molar-refractivity contribution in [2.75, 3.05) is 33.3 Å². The molecule has 1 aromatic heterocycles. The molecule has 0 spiro atoms. The van der Waals surface area contributed by atoms with Gasteiger partial charge in [-0.25, -0.2) is 9.97 Å². The lowest BCUT2D eigenvalue weighted by molar-refractivity contribution is -0.0182. The van der Waals surface area contributed by atoms with Crippen LogP contribution >= 0.6 is 0 Å². The summed E-state index contributed by atoms with van der Waals surface area (Å²) in [5.41, 5.74) is 2.04. The second-order valence-electron chi connectivity index (χ2n) is 5.62. The topological polar surface area (TPSA) is 50.3 Å². The molecule has 1 N–H and O–H groups in total. The number of morpholine rings is 1. The molecule has 1 atom stereocenters. The molecule has 2 aromatic rings. The van der Waals surface area contributed by atoms with Gasteiger partial charge < -0.3 is 15.0 Å². The Bertz CT molecular complexity index is 590. The molecule has 0 amide bonds. The number of benzene rings is 1. The minimum Gasteiger partial charge on any atom is -0.374 e. The van der Waals surface area contributed by atoms with Gasteiger partial charge in [-0.1, -0.05) is 30.3 Å². The fraction of sp³-hybridized carbons (Fsp3) is 0.412. The highest BCUT2D eigenvalue weighted by molar-refractivity contribution is 5.54. The average Bonchev–Trinajstić information content (AvgIpc) is 2.56. The van der Waals surface area contributed by atoms with E-state index in [9.17, 15) is 0 Å². The van der Waals surface area contributed by atoms with E-state index in [-0.39, 0.29) is 6.10 Å². The van der Waals surface area contributed by atoms with Crippen LogP contribution in [0.25, 0.3) is 11.4 Å². The Labute approximate surface area is 131 Å². The summed E-state index contributed by atoms with van der Waals surface area (Å²) in [7, 11) is 2.13. The summed E-state index contributed by atoms with van der Waals surface area (Å²) in [6.07, 6.45) is 2.08. The maximum atomic E-state index is 5.74. The van der Waals surface area contributed by atoms with Crippen molar-refractivity contribution >= 4 is 0 Å². The summed E-state index contributed by atoms with van der Waals surface area (Å²) in [6, 6.07) is 12.0. The van der Waals surface area contributed by atoms with Crippen LogP contribution in [-0.4, -0.2) is 54.3 Å². The smallest absolute Gasteiger partial charge is 0.159 e. The zero-order valence-electron chi connectivity index (χ0n) is 12.9. The monoisotopic (exact) mass is 298 g/mol. The van der Waals surface area contributed by atoms with Crippen molar-refractivity contribution in [1.82, 2.24) is 20.2 Å². The third-order valence-corrected chi connectivity index (χ3v) is 3.77. The predicted molar refractivity (Wildman–Crippen MR) is 86.4 cm³/mol. The number of likely N-dealkylation sites (N-methyl/N-ethyl adjacent to an activating group) is 1. The molecular weight excluding hydrogens is 276 g/mol. The zero-order chi connectivity index (χ0) is 15.2. The second kappa shape index (κ2) is 7.45. The number of aromatic nitrogens is 2. The van der Waals surface area contributed by atoms with Crippen LogP contribution < -0.4 is 5.32 Å². The van der Waals surface area contributed by atoms with E-state index in [0.717, 1.165) is 49.9 Å². The van der Waals surface area contributed by atoms with Gasteiger partial charge in [0.25, 0.3) is 0 Å². The van der Waals surface area contributed by atoms with E-state index in [1.165, 1.54) is 0 Å².